The molecule has 1 heterocycles. The number of rotatable bonds is 9. The molecule has 0 aromatic heterocycles. The van der Waals surface area contributed by atoms with Crippen LogP contribution >= 0.6 is 34.8 Å². The van der Waals surface area contributed by atoms with Crippen LogP contribution < -0.4 is 15.9 Å². The molecule has 2 aromatic rings. The fourth-order valence-corrected chi connectivity index (χ4v) is 4.39. The van der Waals surface area contributed by atoms with E-state index in [2.05, 4.69) is 17.8 Å². The summed E-state index contributed by atoms with van der Waals surface area (Å²) in [5.41, 5.74) is 8.26. The SMILES string of the molecule is CCCCCN(CC)NC(=O)C1CC(c2ccc(Cl)cc2)N(c2ccc(Cl)cc2Cl)N1. The van der Waals surface area contributed by atoms with Crippen molar-refractivity contribution < 1.29 is 4.79 Å². The Balaban J connectivity index is 1.80. The first kappa shape index (κ1) is 24.1. The number of amides is 1. The molecule has 0 spiro atoms. The van der Waals surface area contributed by atoms with Crippen molar-refractivity contribution in [3.05, 3.63) is 63.1 Å². The minimum atomic E-state index is -0.396. The number of nitrogens with one attached hydrogen (secondary N) is 2. The first-order valence-electron chi connectivity index (χ1n) is 10.7. The van der Waals surface area contributed by atoms with Gasteiger partial charge >= 0.3 is 0 Å². The van der Waals surface area contributed by atoms with Gasteiger partial charge in [-0.15, -0.1) is 0 Å². The number of unbranched alkanes of at least 4 members (excludes halogenated alkanes) is 2. The number of hydrazine groups is 2. The van der Waals surface area contributed by atoms with E-state index in [1.807, 2.05) is 47.3 Å². The third-order valence-corrected chi connectivity index (χ3v) is 6.28. The van der Waals surface area contributed by atoms with E-state index in [-0.39, 0.29) is 11.9 Å². The van der Waals surface area contributed by atoms with Crippen LogP contribution in [-0.2, 0) is 4.79 Å². The molecule has 168 valence electrons. The minimum Gasteiger partial charge on any atom is -0.299 e. The predicted octanol–water partition coefficient (Wildman–Crippen LogP) is 6.01. The van der Waals surface area contributed by atoms with Crippen molar-refractivity contribution in [3.63, 3.8) is 0 Å². The molecule has 2 N–H and O–H groups in total. The molecule has 0 saturated carbocycles. The van der Waals surface area contributed by atoms with Crippen molar-refractivity contribution in [1.29, 1.82) is 0 Å². The summed E-state index contributed by atoms with van der Waals surface area (Å²) in [5, 5.41) is 5.70. The Bertz CT molecular complexity index is 878. The number of hydrogen-bond acceptors (Lipinski definition) is 4. The van der Waals surface area contributed by atoms with Crippen molar-refractivity contribution >= 4 is 46.4 Å². The molecule has 2 aromatic carbocycles. The second kappa shape index (κ2) is 11.4. The average molecular weight is 484 g/mol. The lowest BCUT2D eigenvalue weighted by molar-refractivity contribution is -0.127. The Morgan fingerprint density at radius 2 is 1.81 bits per heavy atom. The van der Waals surface area contributed by atoms with Crippen LogP contribution in [0.4, 0.5) is 5.69 Å². The number of anilines is 1. The lowest BCUT2D eigenvalue weighted by Crippen LogP contribution is -2.51. The quantitative estimate of drug-likeness (QED) is 0.338. The van der Waals surface area contributed by atoms with Crippen molar-refractivity contribution in [3.8, 4) is 0 Å². The van der Waals surface area contributed by atoms with Crippen LogP contribution in [0.5, 0.6) is 0 Å². The Kier molecular flexibility index (Phi) is 8.87. The van der Waals surface area contributed by atoms with Crippen LogP contribution in [0.1, 0.15) is 51.1 Å². The lowest BCUT2D eigenvalue weighted by Gasteiger charge is -2.28. The van der Waals surface area contributed by atoms with E-state index in [0.717, 1.165) is 43.6 Å². The van der Waals surface area contributed by atoms with Gasteiger partial charge in [0.25, 0.3) is 5.91 Å². The van der Waals surface area contributed by atoms with Gasteiger partial charge in [0.05, 0.1) is 16.8 Å². The maximum absolute atomic E-state index is 13.1. The Hall–Kier alpha value is -1.50. The molecule has 0 aliphatic carbocycles. The monoisotopic (exact) mass is 482 g/mol. The van der Waals surface area contributed by atoms with Crippen molar-refractivity contribution in [2.75, 3.05) is 18.1 Å². The molecular formula is C23H29Cl3N4O. The van der Waals surface area contributed by atoms with E-state index in [9.17, 15) is 4.79 Å². The summed E-state index contributed by atoms with van der Waals surface area (Å²) in [6.07, 6.45) is 3.95. The third kappa shape index (κ3) is 6.27. The smallest absolute Gasteiger partial charge is 0.253 e. The predicted molar refractivity (Wildman–Crippen MR) is 130 cm³/mol. The van der Waals surface area contributed by atoms with E-state index >= 15 is 0 Å². The number of hydrogen-bond donors (Lipinski definition) is 2. The number of halogens is 3. The van der Waals surface area contributed by atoms with Crippen LogP contribution in [0, 0.1) is 0 Å². The Labute approximate surface area is 199 Å². The molecule has 1 amide bonds. The summed E-state index contributed by atoms with van der Waals surface area (Å²) in [5.74, 6) is -0.0510. The highest BCUT2D eigenvalue weighted by molar-refractivity contribution is 6.36. The van der Waals surface area contributed by atoms with Gasteiger partial charge in [-0.05, 0) is 48.7 Å². The molecule has 0 bridgehead atoms. The van der Waals surface area contributed by atoms with E-state index in [1.54, 1.807) is 12.1 Å². The van der Waals surface area contributed by atoms with Gasteiger partial charge in [0.1, 0.15) is 6.04 Å². The molecule has 1 saturated heterocycles. The topological polar surface area (TPSA) is 47.6 Å². The Morgan fingerprint density at radius 3 is 2.45 bits per heavy atom. The summed E-state index contributed by atoms with van der Waals surface area (Å²) in [7, 11) is 0. The highest BCUT2D eigenvalue weighted by atomic mass is 35.5. The maximum Gasteiger partial charge on any atom is 0.253 e. The summed E-state index contributed by atoms with van der Waals surface area (Å²) in [6, 6.07) is 12.6. The standard InChI is InChI=1S/C23H29Cl3N4O/c1-3-5-6-13-29(4-2)28-23(31)20-15-22(16-7-9-17(24)10-8-16)30(27-20)21-12-11-18(25)14-19(21)26/h7-12,14,20,22,27H,3-6,13,15H2,1-2H3,(H,28,31). The molecule has 1 aliphatic heterocycles. The summed E-state index contributed by atoms with van der Waals surface area (Å²) in [4.78, 5) is 13.1. The van der Waals surface area contributed by atoms with Gasteiger partial charge in [-0.1, -0.05) is 73.6 Å². The van der Waals surface area contributed by atoms with Gasteiger partial charge in [-0.2, -0.15) is 0 Å². The van der Waals surface area contributed by atoms with Crippen molar-refractivity contribution in [2.24, 2.45) is 0 Å². The summed E-state index contributed by atoms with van der Waals surface area (Å²) in [6.45, 7) is 5.82. The van der Waals surface area contributed by atoms with Gasteiger partial charge in [-0.25, -0.2) is 10.4 Å². The first-order chi connectivity index (χ1) is 14.9. The molecule has 2 unspecified atom stereocenters. The largest absolute Gasteiger partial charge is 0.299 e. The van der Waals surface area contributed by atoms with Crippen LogP contribution in [0.2, 0.25) is 15.1 Å². The van der Waals surface area contributed by atoms with Crippen LogP contribution in [0.25, 0.3) is 0 Å². The number of carbonyl (C=O) groups is 1. The zero-order valence-electron chi connectivity index (χ0n) is 17.9. The maximum atomic E-state index is 13.1. The number of benzene rings is 2. The summed E-state index contributed by atoms with van der Waals surface area (Å²) < 4.78 is 0. The average Bonchev–Trinajstić information content (AvgIpc) is 3.19. The number of nitrogens with zero attached hydrogens (tertiary/aromatic N) is 2. The first-order valence-corrected chi connectivity index (χ1v) is 11.9. The van der Waals surface area contributed by atoms with Gasteiger partial charge < -0.3 is 0 Å². The zero-order valence-corrected chi connectivity index (χ0v) is 20.1. The molecule has 0 radical (unpaired) electrons. The van der Waals surface area contributed by atoms with E-state index < -0.39 is 6.04 Å². The molecule has 3 rings (SSSR count). The third-order valence-electron chi connectivity index (χ3n) is 5.49. The van der Waals surface area contributed by atoms with Crippen LogP contribution in [0.15, 0.2) is 42.5 Å². The second-order valence-electron chi connectivity index (χ2n) is 7.71. The second-order valence-corrected chi connectivity index (χ2v) is 8.99. The molecule has 1 aliphatic rings. The van der Waals surface area contributed by atoms with Crippen molar-refractivity contribution in [2.45, 2.75) is 51.6 Å². The Morgan fingerprint density at radius 1 is 1.10 bits per heavy atom. The van der Waals surface area contributed by atoms with Gasteiger partial charge in [-0.3, -0.25) is 15.2 Å². The van der Waals surface area contributed by atoms with E-state index in [0.29, 0.717) is 21.5 Å². The molecular weight excluding hydrogens is 455 g/mol. The molecule has 8 heteroatoms. The van der Waals surface area contributed by atoms with Gasteiger partial charge in [0.2, 0.25) is 0 Å². The van der Waals surface area contributed by atoms with E-state index in [4.69, 9.17) is 34.8 Å². The zero-order chi connectivity index (χ0) is 22.4. The van der Waals surface area contributed by atoms with Gasteiger partial charge in [0.15, 0.2) is 0 Å². The summed E-state index contributed by atoms with van der Waals surface area (Å²) >= 11 is 18.7. The van der Waals surface area contributed by atoms with Crippen LogP contribution in [0.3, 0.4) is 0 Å². The van der Waals surface area contributed by atoms with E-state index in [1.165, 1.54) is 0 Å². The highest BCUT2D eigenvalue weighted by Gasteiger charge is 2.38. The fraction of sp³-hybridized carbons (Fsp3) is 0.435. The van der Waals surface area contributed by atoms with Gasteiger partial charge in [0, 0.05) is 23.1 Å². The normalized spacial score (nSPS) is 18.6. The molecule has 31 heavy (non-hydrogen) atoms. The molecule has 2 atom stereocenters. The molecule has 1 fully saturated rings. The lowest BCUT2D eigenvalue weighted by atomic mass is 10.0. The molecule has 5 nitrogen and oxygen atoms in total. The minimum absolute atomic E-state index is 0.0510. The fourth-order valence-electron chi connectivity index (χ4n) is 3.77. The van der Waals surface area contributed by atoms with Crippen molar-refractivity contribution in [1.82, 2.24) is 15.9 Å². The van der Waals surface area contributed by atoms with Crippen LogP contribution in [-0.4, -0.2) is 30.0 Å². The number of carbonyl (C=O) groups excluding carboxylic acids is 1. The highest BCUT2D eigenvalue weighted by Crippen LogP contribution is 2.39.